The average molecular weight is 484 g/mol. The molecule has 0 aliphatic rings. The lowest BCUT2D eigenvalue weighted by Gasteiger charge is -2.16. The van der Waals surface area contributed by atoms with Crippen molar-refractivity contribution in [1.29, 1.82) is 0 Å². The van der Waals surface area contributed by atoms with E-state index in [-0.39, 0.29) is 38.5 Å². The highest BCUT2D eigenvalue weighted by atomic mass is 19.4. The second kappa shape index (κ2) is 7.79. The van der Waals surface area contributed by atoms with E-state index < -0.39 is 46.5 Å². The molecule has 10 heteroatoms. The number of aromatic carboxylic acids is 1. The Labute approximate surface area is 193 Å². The standard InChI is InChI=1S/C25H13F5N2O3/c26-15-10-14(11-4-2-1-3-5-11)21(27)19(20(15)25(28,29)30)23-31-16-7-6-12-8-13(24(34)35)9-17(33)18(12)22(16)32-23/h1-10,33H,(H,31,32)(H,34,35). The van der Waals surface area contributed by atoms with Gasteiger partial charge in [-0.15, -0.1) is 0 Å². The number of nitrogens with one attached hydrogen (secondary N) is 1. The molecule has 0 spiro atoms. The molecule has 3 N–H and O–H groups in total. The highest BCUT2D eigenvalue weighted by Gasteiger charge is 2.40. The van der Waals surface area contributed by atoms with Crippen LogP contribution in [0.25, 0.3) is 44.3 Å². The monoisotopic (exact) mass is 484 g/mol. The Morgan fingerprint density at radius 3 is 2.34 bits per heavy atom. The lowest BCUT2D eigenvalue weighted by atomic mass is 9.96. The minimum absolute atomic E-state index is 0.0371. The zero-order valence-electron chi connectivity index (χ0n) is 17.4. The maximum atomic E-state index is 15.6. The van der Waals surface area contributed by atoms with Gasteiger partial charge < -0.3 is 15.2 Å². The Morgan fingerprint density at radius 1 is 0.971 bits per heavy atom. The van der Waals surface area contributed by atoms with Gasteiger partial charge in [-0.05, 0) is 35.2 Å². The predicted octanol–water partition coefficient (Wildman–Crippen LogP) is 6.75. The number of fused-ring (bicyclic) bond motifs is 3. The summed E-state index contributed by atoms with van der Waals surface area (Å²) in [4.78, 5) is 18.0. The Bertz CT molecular complexity index is 1640. The zero-order valence-corrected chi connectivity index (χ0v) is 17.4. The van der Waals surface area contributed by atoms with Crippen molar-refractivity contribution < 1.29 is 37.0 Å². The Morgan fingerprint density at radius 2 is 1.69 bits per heavy atom. The maximum Gasteiger partial charge on any atom is 0.420 e. The number of alkyl halides is 3. The molecule has 0 unspecified atom stereocenters. The van der Waals surface area contributed by atoms with Crippen LogP contribution in [0, 0.1) is 11.6 Å². The van der Waals surface area contributed by atoms with Gasteiger partial charge in [0, 0.05) is 5.56 Å². The smallest absolute Gasteiger partial charge is 0.420 e. The zero-order chi connectivity index (χ0) is 25.1. The molecule has 176 valence electrons. The van der Waals surface area contributed by atoms with E-state index in [1.54, 1.807) is 6.07 Å². The number of benzene rings is 4. The number of hydrogen-bond acceptors (Lipinski definition) is 3. The molecule has 1 aromatic heterocycles. The number of nitrogens with zero attached hydrogens (tertiary/aromatic N) is 1. The van der Waals surface area contributed by atoms with Crippen LogP contribution < -0.4 is 0 Å². The van der Waals surface area contributed by atoms with Crippen LogP contribution in [0.3, 0.4) is 0 Å². The van der Waals surface area contributed by atoms with Gasteiger partial charge in [0.1, 0.15) is 34.3 Å². The molecule has 0 aliphatic heterocycles. The minimum atomic E-state index is -5.24. The number of aromatic amines is 1. The number of phenolic OH excluding ortho intramolecular Hbond substituents is 1. The highest BCUT2D eigenvalue weighted by molar-refractivity contribution is 6.10. The van der Waals surface area contributed by atoms with Gasteiger partial charge in [-0.2, -0.15) is 13.2 Å². The van der Waals surface area contributed by atoms with Crippen molar-refractivity contribution in [2.24, 2.45) is 0 Å². The lowest BCUT2D eigenvalue weighted by molar-refractivity contribution is -0.139. The topological polar surface area (TPSA) is 86.2 Å². The normalized spacial score (nSPS) is 11.9. The van der Waals surface area contributed by atoms with Gasteiger partial charge in [0.15, 0.2) is 0 Å². The van der Waals surface area contributed by atoms with Gasteiger partial charge in [0.2, 0.25) is 0 Å². The second-order valence-electron chi connectivity index (χ2n) is 7.78. The summed E-state index contributed by atoms with van der Waals surface area (Å²) in [7, 11) is 0. The van der Waals surface area contributed by atoms with Gasteiger partial charge in [0.05, 0.1) is 22.0 Å². The molecule has 5 rings (SSSR count). The summed E-state index contributed by atoms with van der Waals surface area (Å²) in [6.45, 7) is 0. The number of imidazole rings is 1. The number of aromatic hydroxyl groups is 1. The van der Waals surface area contributed by atoms with Crippen molar-refractivity contribution in [3.63, 3.8) is 0 Å². The van der Waals surface area contributed by atoms with E-state index in [4.69, 9.17) is 0 Å². The van der Waals surface area contributed by atoms with Crippen LogP contribution in [0.1, 0.15) is 15.9 Å². The summed E-state index contributed by atoms with van der Waals surface area (Å²) in [5, 5.41) is 19.9. The molecule has 5 nitrogen and oxygen atoms in total. The Kier molecular flexibility index (Phi) is 4.97. The molecular formula is C25H13F5N2O3. The van der Waals surface area contributed by atoms with Crippen LogP contribution in [0.4, 0.5) is 22.0 Å². The van der Waals surface area contributed by atoms with E-state index in [0.717, 1.165) is 6.07 Å². The second-order valence-corrected chi connectivity index (χ2v) is 7.78. The molecule has 0 atom stereocenters. The predicted molar refractivity (Wildman–Crippen MR) is 118 cm³/mol. The van der Waals surface area contributed by atoms with Crippen LogP contribution in [-0.4, -0.2) is 26.2 Å². The number of halogens is 5. The average Bonchev–Trinajstić information content (AvgIpc) is 3.23. The van der Waals surface area contributed by atoms with Crippen molar-refractivity contribution in [3.05, 3.63) is 83.4 Å². The molecule has 0 aliphatic carbocycles. The van der Waals surface area contributed by atoms with Gasteiger partial charge in [0.25, 0.3) is 0 Å². The fourth-order valence-corrected chi connectivity index (χ4v) is 4.10. The van der Waals surface area contributed by atoms with Gasteiger partial charge >= 0.3 is 12.1 Å². The lowest BCUT2D eigenvalue weighted by Crippen LogP contribution is -2.13. The third-order valence-electron chi connectivity index (χ3n) is 5.61. The number of hydrogen-bond donors (Lipinski definition) is 3. The first kappa shape index (κ1) is 22.3. The molecule has 1 heterocycles. The van der Waals surface area contributed by atoms with E-state index in [2.05, 4.69) is 9.97 Å². The first-order chi connectivity index (χ1) is 16.6. The molecule has 0 radical (unpaired) electrons. The van der Waals surface area contributed by atoms with Crippen LogP contribution in [0.5, 0.6) is 5.75 Å². The molecule has 0 saturated carbocycles. The van der Waals surface area contributed by atoms with Crippen molar-refractivity contribution in [2.45, 2.75) is 6.18 Å². The molecule has 4 aromatic carbocycles. The number of phenols is 1. The largest absolute Gasteiger partial charge is 0.507 e. The van der Waals surface area contributed by atoms with Crippen LogP contribution in [0.15, 0.2) is 60.7 Å². The number of carboxylic acid groups (broad SMARTS) is 1. The Hall–Kier alpha value is -4.47. The molecule has 0 fully saturated rings. The fourth-order valence-electron chi connectivity index (χ4n) is 4.10. The van der Waals surface area contributed by atoms with Gasteiger partial charge in [-0.1, -0.05) is 36.4 Å². The molecule has 35 heavy (non-hydrogen) atoms. The Balaban J connectivity index is 1.84. The summed E-state index contributed by atoms with van der Waals surface area (Å²) in [5.41, 5.74) is -3.27. The third kappa shape index (κ3) is 3.63. The number of rotatable bonds is 3. The van der Waals surface area contributed by atoms with E-state index in [1.165, 1.54) is 42.5 Å². The first-order valence-corrected chi connectivity index (χ1v) is 10.1. The SMILES string of the molecule is O=C(O)c1cc(O)c2c(ccc3[nH]c(-c4c(F)c(-c5ccccc5)cc(F)c4C(F)(F)F)nc32)c1. The molecule has 0 bridgehead atoms. The van der Waals surface area contributed by atoms with E-state index in [0.29, 0.717) is 6.07 Å². The van der Waals surface area contributed by atoms with E-state index >= 15 is 4.39 Å². The van der Waals surface area contributed by atoms with Crippen LogP contribution in [-0.2, 0) is 6.18 Å². The summed E-state index contributed by atoms with van der Waals surface area (Å²) in [6.07, 6.45) is -5.24. The van der Waals surface area contributed by atoms with Crippen molar-refractivity contribution in [3.8, 4) is 28.3 Å². The first-order valence-electron chi connectivity index (χ1n) is 10.1. The third-order valence-corrected chi connectivity index (χ3v) is 5.61. The van der Waals surface area contributed by atoms with Gasteiger partial charge in [-0.3, -0.25) is 0 Å². The summed E-state index contributed by atoms with van der Waals surface area (Å²) in [5.74, 6) is -5.38. The number of H-pyrrole nitrogens is 1. The van der Waals surface area contributed by atoms with Gasteiger partial charge in [-0.25, -0.2) is 18.6 Å². The summed E-state index contributed by atoms with van der Waals surface area (Å²) in [6, 6.07) is 13.1. The summed E-state index contributed by atoms with van der Waals surface area (Å²) >= 11 is 0. The van der Waals surface area contributed by atoms with E-state index in [1.807, 2.05) is 0 Å². The highest BCUT2D eigenvalue weighted by Crippen LogP contribution is 2.44. The molecule has 0 amide bonds. The summed E-state index contributed by atoms with van der Waals surface area (Å²) < 4.78 is 72.0. The van der Waals surface area contributed by atoms with Crippen molar-refractivity contribution in [2.75, 3.05) is 0 Å². The van der Waals surface area contributed by atoms with Crippen molar-refractivity contribution >= 4 is 27.8 Å². The minimum Gasteiger partial charge on any atom is -0.507 e. The molecule has 5 aromatic rings. The number of carboxylic acids is 1. The molecular weight excluding hydrogens is 471 g/mol. The number of carbonyl (C=O) groups is 1. The quantitative estimate of drug-likeness (QED) is 0.247. The van der Waals surface area contributed by atoms with Crippen LogP contribution >= 0.6 is 0 Å². The molecule has 0 saturated heterocycles. The van der Waals surface area contributed by atoms with Crippen LogP contribution in [0.2, 0.25) is 0 Å². The van der Waals surface area contributed by atoms with Crippen molar-refractivity contribution in [1.82, 2.24) is 9.97 Å². The maximum absolute atomic E-state index is 15.6. The fraction of sp³-hybridized carbons (Fsp3) is 0.0400. The van der Waals surface area contributed by atoms with E-state index in [9.17, 15) is 32.6 Å². The number of aromatic nitrogens is 2.